The molecular weight excluding hydrogens is 328 g/mol. The molecule has 0 aromatic carbocycles. The Morgan fingerprint density at radius 3 is 2.27 bits per heavy atom. The zero-order valence-corrected chi connectivity index (χ0v) is 15.9. The fourth-order valence-electron chi connectivity index (χ4n) is 7.04. The second kappa shape index (κ2) is 6.47. The lowest BCUT2D eigenvalue weighted by Crippen LogP contribution is -2.62. The number of aliphatic hydroxyl groups is 1. The highest BCUT2D eigenvalue weighted by Gasteiger charge is 2.58. The van der Waals surface area contributed by atoms with Crippen molar-refractivity contribution in [1.82, 2.24) is 4.90 Å². The molecule has 144 valence electrons. The summed E-state index contributed by atoms with van der Waals surface area (Å²) in [7, 11) is 0. The number of rotatable bonds is 4. The van der Waals surface area contributed by atoms with E-state index in [1.165, 1.54) is 0 Å². The van der Waals surface area contributed by atoms with Crippen LogP contribution in [0.2, 0.25) is 0 Å². The first-order valence-corrected chi connectivity index (χ1v) is 10.1. The van der Waals surface area contributed by atoms with Gasteiger partial charge >= 0.3 is 0 Å². The Balaban J connectivity index is 1.61. The first-order valence-electron chi connectivity index (χ1n) is 10.1. The van der Waals surface area contributed by atoms with Crippen LogP contribution in [0.3, 0.4) is 0 Å². The van der Waals surface area contributed by atoms with E-state index in [1.54, 1.807) is 0 Å². The van der Waals surface area contributed by atoms with Gasteiger partial charge in [-0.1, -0.05) is 0 Å². The van der Waals surface area contributed by atoms with E-state index in [0.29, 0.717) is 30.8 Å². The van der Waals surface area contributed by atoms with Crippen LogP contribution in [-0.4, -0.2) is 52.8 Å². The van der Waals surface area contributed by atoms with Crippen LogP contribution in [0, 0.1) is 46.3 Å². The molecule has 5 aliphatic rings. The SMILES string of the molecule is CC1CN(C(C(=N)N)C(C#N)C2C3CC4CC2CC(O)(C4)C3)CC(C)O1. The molecule has 5 fully saturated rings. The Bertz CT molecular complexity index is 591. The second-order valence-electron chi connectivity index (χ2n) is 9.54. The zero-order chi connectivity index (χ0) is 18.6. The molecule has 4 saturated carbocycles. The third-order valence-electron chi connectivity index (χ3n) is 7.38. The van der Waals surface area contributed by atoms with E-state index in [2.05, 4.69) is 11.0 Å². The lowest BCUT2D eigenvalue weighted by molar-refractivity contribution is -0.163. The number of hydrogen-bond acceptors (Lipinski definition) is 5. The topological polar surface area (TPSA) is 106 Å². The summed E-state index contributed by atoms with van der Waals surface area (Å²) in [6.07, 6.45) is 5.01. The van der Waals surface area contributed by atoms with Crippen molar-refractivity contribution in [2.45, 2.75) is 69.8 Å². The lowest BCUT2D eigenvalue weighted by Gasteiger charge is -2.60. The summed E-state index contributed by atoms with van der Waals surface area (Å²) in [6, 6.07) is 2.22. The molecule has 0 radical (unpaired) electrons. The van der Waals surface area contributed by atoms with Crippen molar-refractivity contribution in [2.75, 3.05) is 13.1 Å². The van der Waals surface area contributed by atoms with Crippen molar-refractivity contribution in [2.24, 2.45) is 35.3 Å². The average Bonchev–Trinajstić information content (AvgIpc) is 2.50. The molecule has 0 spiro atoms. The smallest absolute Gasteiger partial charge is 0.110 e. The number of morpholine rings is 1. The lowest BCUT2D eigenvalue weighted by atomic mass is 9.47. The number of hydrogen-bond donors (Lipinski definition) is 3. The summed E-state index contributed by atoms with van der Waals surface area (Å²) >= 11 is 0. The van der Waals surface area contributed by atoms with Crippen LogP contribution < -0.4 is 5.73 Å². The summed E-state index contributed by atoms with van der Waals surface area (Å²) in [4.78, 5) is 2.20. The van der Waals surface area contributed by atoms with Crippen LogP contribution in [0.4, 0.5) is 0 Å². The van der Waals surface area contributed by atoms with Crippen molar-refractivity contribution in [3.05, 3.63) is 0 Å². The van der Waals surface area contributed by atoms with Gasteiger partial charge in [0.25, 0.3) is 0 Å². The van der Waals surface area contributed by atoms with Crippen LogP contribution in [-0.2, 0) is 4.74 Å². The fraction of sp³-hybridized carbons (Fsp3) is 0.900. The normalized spacial score (nSPS) is 47.3. The van der Waals surface area contributed by atoms with Gasteiger partial charge in [0.05, 0.1) is 35.8 Å². The van der Waals surface area contributed by atoms with Crippen molar-refractivity contribution in [3.8, 4) is 6.07 Å². The van der Waals surface area contributed by atoms with Gasteiger partial charge in [-0.2, -0.15) is 5.26 Å². The average molecular weight is 361 g/mol. The van der Waals surface area contributed by atoms with Crippen LogP contribution in [0.25, 0.3) is 0 Å². The highest BCUT2D eigenvalue weighted by molar-refractivity contribution is 5.83. The van der Waals surface area contributed by atoms with Gasteiger partial charge in [0.2, 0.25) is 0 Å². The van der Waals surface area contributed by atoms with E-state index >= 15 is 0 Å². The molecule has 26 heavy (non-hydrogen) atoms. The van der Waals surface area contributed by atoms with Crippen molar-refractivity contribution in [1.29, 1.82) is 10.7 Å². The van der Waals surface area contributed by atoms with Gasteiger partial charge in [-0.3, -0.25) is 10.3 Å². The predicted octanol–water partition coefficient (Wildman–Crippen LogP) is 1.73. The fourth-order valence-corrected chi connectivity index (χ4v) is 7.04. The molecule has 6 heteroatoms. The van der Waals surface area contributed by atoms with Gasteiger partial charge in [0.15, 0.2) is 0 Å². The third-order valence-corrected chi connectivity index (χ3v) is 7.38. The van der Waals surface area contributed by atoms with Gasteiger partial charge in [0.1, 0.15) is 5.84 Å². The molecule has 0 amide bonds. The number of nitrogens with one attached hydrogen (secondary N) is 1. The van der Waals surface area contributed by atoms with Gasteiger partial charge in [0, 0.05) is 13.1 Å². The van der Waals surface area contributed by atoms with Crippen molar-refractivity contribution < 1.29 is 9.84 Å². The van der Waals surface area contributed by atoms with Crippen LogP contribution in [0.1, 0.15) is 46.0 Å². The summed E-state index contributed by atoms with van der Waals surface area (Å²) in [5.41, 5.74) is 5.56. The number of nitrogens with zero attached hydrogens (tertiary/aromatic N) is 2. The molecule has 0 aromatic heterocycles. The molecule has 6 unspecified atom stereocenters. The first-order chi connectivity index (χ1) is 12.3. The van der Waals surface area contributed by atoms with Crippen molar-refractivity contribution in [3.63, 3.8) is 0 Å². The molecule has 6 atom stereocenters. The van der Waals surface area contributed by atoms with E-state index in [0.717, 1.165) is 32.1 Å². The van der Waals surface area contributed by atoms with E-state index in [9.17, 15) is 10.4 Å². The molecule has 5 rings (SSSR count). The molecule has 4 bridgehead atoms. The zero-order valence-electron chi connectivity index (χ0n) is 15.9. The monoisotopic (exact) mass is 360 g/mol. The van der Waals surface area contributed by atoms with E-state index in [4.69, 9.17) is 15.9 Å². The largest absolute Gasteiger partial charge is 0.390 e. The second-order valence-corrected chi connectivity index (χ2v) is 9.54. The molecule has 6 nitrogen and oxygen atoms in total. The summed E-state index contributed by atoms with van der Waals surface area (Å²) < 4.78 is 5.84. The number of ether oxygens (including phenoxy) is 1. The van der Waals surface area contributed by atoms with E-state index in [1.807, 2.05) is 13.8 Å². The molecule has 1 heterocycles. The number of nitrogens with two attached hydrogens (primary N) is 1. The van der Waals surface area contributed by atoms with Crippen molar-refractivity contribution >= 4 is 5.84 Å². The summed E-state index contributed by atoms with van der Waals surface area (Å²) in [5, 5.41) is 29.3. The maximum absolute atomic E-state index is 10.9. The Hall–Kier alpha value is -1.16. The maximum atomic E-state index is 10.9. The Morgan fingerprint density at radius 2 is 1.81 bits per heavy atom. The van der Waals surface area contributed by atoms with Gasteiger partial charge < -0.3 is 15.6 Å². The molecular formula is C20H32N4O2. The van der Waals surface area contributed by atoms with Gasteiger partial charge in [-0.05, 0) is 69.6 Å². The molecule has 4 aliphatic carbocycles. The van der Waals surface area contributed by atoms with Crippen LogP contribution in [0.5, 0.6) is 0 Å². The van der Waals surface area contributed by atoms with Crippen LogP contribution in [0.15, 0.2) is 0 Å². The maximum Gasteiger partial charge on any atom is 0.110 e. The molecule has 0 aromatic rings. The Morgan fingerprint density at radius 1 is 1.23 bits per heavy atom. The number of nitriles is 1. The minimum absolute atomic E-state index is 0.0825. The highest BCUT2D eigenvalue weighted by Crippen LogP contribution is 2.60. The highest BCUT2D eigenvalue weighted by atomic mass is 16.5. The predicted molar refractivity (Wildman–Crippen MR) is 98.4 cm³/mol. The van der Waals surface area contributed by atoms with Gasteiger partial charge in [-0.25, -0.2) is 0 Å². The minimum atomic E-state index is -0.499. The first kappa shape index (κ1) is 18.2. The van der Waals surface area contributed by atoms with Gasteiger partial charge in [-0.15, -0.1) is 0 Å². The van der Waals surface area contributed by atoms with Crippen LogP contribution >= 0.6 is 0 Å². The minimum Gasteiger partial charge on any atom is -0.390 e. The standard InChI is InChI=1S/C20H32N4O2/c1-11-9-24(10-12(2)26-11)18(19(22)23)16(8-21)17-14-3-13-4-15(17)7-20(25,5-13)6-14/h11-18,25H,3-7,9-10H2,1-2H3,(H3,22,23). The summed E-state index contributed by atoms with van der Waals surface area (Å²) in [5.74, 6) is 1.49. The molecule has 1 saturated heterocycles. The Kier molecular flexibility index (Phi) is 4.53. The molecule has 1 aliphatic heterocycles. The van der Waals surface area contributed by atoms with E-state index in [-0.39, 0.29) is 35.9 Å². The van der Waals surface area contributed by atoms with E-state index < -0.39 is 5.60 Å². The molecule has 4 N–H and O–H groups in total. The summed E-state index contributed by atoms with van der Waals surface area (Å²) in [6.45, 7) is 5.50. The number of amidine groups is 1. The quantitative estimate of drug-likeness (QED) is 0.523. The Labute approximate surface area is 156 Å². The third kappa shape index (κ3) is 3.04.